The molecule has 0 spiro atoms. The van der Waals surface area contributed by atoms with Crippen molar-refractivity contribution in [2.45, 2.75) is 12.5 Å². The number of para-hydroxylation sites is 2. The summed E-state index contributed by atoms with van der Waals surface area (Å²) in [6.07, 6.45) is 2.55. The van der Waals surface area contributed by atoms with Gasteiger partial charge in [-0.1, -0.05) is 109 Å². The first-order chi connectivity index (χ1) is 24.7. The fourth-order valence-electron chi connectivity index (χ4n) is 7.21. The van der Waals surface area contributed by atoms with Gasteiger partial charge >= 0.3 is 0 Å². The maximum atomic E-state index is 6.25. The van der Waals surface area contributed by atoms with E-state index in [0.717, 1.165) is 94.5 Å². The average Bonchev–Trinajstić information content (AvgIpc) is 3.76. The number of nitrogens with zero attached hydrogens (tertiary/aromatic N) is 3. The molecule has 5 nitrogen and oxygen atoms in total. The summed E-state index contributed by atoms with van der Waals surface area (Å²) in [5.74, 6) is 0.722. The number of furan rings is 2. The quantitative estimate of drug-likeness (QED) is 0.187. The number of benzene rings is 6. The van der Waals surface area contributed by atoms with Gasteiger partial charge in [-0.25, -0.2) is 4.99 Å². The van der Waals surface area contributed by atoms with Crippen LogP contribution in [0.25, 0.3) is 66.3 Å². The summed E-state index contributed by atoms with van der Waals surface area (Å²) in [7, 11) is 0. The number of amidine groups is 1. The van der Waals surface area contributed by atoms with Crippen LogP contribution < -0.4 is 0 Å². The van der Waals surface area contributed by atoms with Crippen LogP contribution in [0.1, 0.15) is 29.2 Å². The molecule has 50 heavy (non-hydrogen) atoms. The fourth-order valence-corrected chi connectivity index (χ4v) is 7.21. The maximum Gasteiger partial charge on any atom is 0.155 e. The van der Waals surface area contributed by atoms with Gasteiger partial charge < -0.3 is 8.83 Å². The van der Waals surface area contributed by atoms with E-state index in [4.69, 9.17) is 23.8 Å². The average molecular weight is 644 g/mol. The third-order valence-electron chi connectivity index (χ3n) is 9.71. The van der Waals surface area contributed by atoms with Gasteiger partial charge in [-0.05, 0) is 59.2 Å². The summed E-state index contributed by atoms with van der Waals surface area (Å²) in [4.78, 5) is 15.2. The van der Waals surface area contributed by atoms with E-state index in [1.165, 1.54) is 0 Å². The Hall–Kier alpha value is -6.59. The lowest BCUT2D eigenvalue weighted by Crippen LogP contribution is -2.17. The van der Waals surface area contributed by atoms with Crippen LogP contribution in [0.4, 0.5) is 0 Å². The highest BCUT2D eigenvalue weighted by atomic mass is 16.3. The standard InChI is InChI=1S/C45H29N3O2/c1-2-9-29(10-3-1)38-27-39(31-20-22-36-34-11-4-6-14-40(34)50-43(36)26-31)48-45(47-38)30-18-16-28(17-19-30)33-13-8-24-46-44(33)32-21-23-42-37(25-32)35-12-5-7-15-41(35)49-42/h1-26,39H,27H2. The number of hydrogen-bond acceptors (Lipinski definition) is 5. The normalized spacial score (nSPS) is 14.8. The molecule has 10 rings (SSSR count). The second-order valence-electron chi connectivity index (χ2n) is 12.7. The Morgan fingerprint density at radius 1 is 0.480 bits per heavy atom. The van der Waals surface area contributed by atoms with Crippen LogP contribution in [0, 0.1) is 0 Å². The van der Waals surface area contributed by atoms with Crippen molar-refractivity contribution in [3.8, 4) is 22.4 Å². The zero-order chi connectivity index (χ0) is 33.0. The van der Waals surface area contributed by atoms with E-state index in [1.54, 1.807) is 0 Å². The van der Waals surface area contributed by atoms with E-state index >= 15 is 0 Å². The van der Waals surface area contributed by atoms with Gasteiger partial charge in [0.1, 0.15) is 22.3 Å². The monoisotopic (exact) mass is 643 g/mol. The highest BCUT2D eigenvalue weighted by Crippen LogP contribution is 2.37. The van der Waals surface area contributed by atoms with Gasteiger partial charge in [-0.2, -0.15) is 0 Å². The van der Waals surface area contributed by atoms with Gasteiger partial charge in [0.25, 0.3) is 0 Å². The van der Waals surface area contributed by atoms with Crippen LogP contribution in [-0.4, -0.2) is 16.5 Å². The van der Waals surface area contributed by atoms with Crippen LogP contribution in [0.5, 0.6) is 0 Å². The molecule has 4 heterocycles. The molecule has 0 saturated carbocycles. The SMILES string of the molecule is c1ccc(C2=NC(c3ccc(-c4cccnc4-c4ccc5oc6ccccc6c5c4)cc3)=NC(c3ccc4c(c3)oc3ccccc34)C2)cc1. The molecule has 0 aliphatic carbocycles. The summed E-state index contributed by atoms with van der Waals surface area (Å²) in [6.45, 7) is 0. The molecule has 0 N–H and O–H groups in total. The Morgan fingerprint density at radius 2 is 1.14 bits per heavy atom. The first-order valence-corrected chi connectivity index (χ1v) is 16.8. The van der Waals surface area contributed by atoms with Crippen molar-refractivity contribution in [1.82, 2.24) is 4.98 Å². The molecule has 1 aliphatic rings. The zero-order valence-electron chi connectivity index (χ0n) is 27.0. The van der Waals surface area contributed by atoms with Gasteiger partial charge in [0.15, 0.2) is 5.84 Å². The van der Waals surface area contributed by atoms with Crippen molar-refractivity contribution in [2.75, 3.05) is 0 Å². The first-order valence-electron chi connectivity index (χ1n) is 16.8. The number of rotatable bonds is 5. The molecule has 5 heteroatoms. The summed E-state index contributed by atoms with van der Waals surface area (Å²) < 4.78 is 12.3. The van der Waals surface area contributed by atoms with Crippen molar-refractivity contribution in [1.29, 1.82) is 0 Å². The van der Waals surface area contributed by atoms with Crippen LogP contribution >= 0.6 is 0 Å². The van der Waals surface area contributed by atoms with Crippen molar-refractivity contribution in [3.63, 3.8) is 0 Å². The molecule has 6 aromatic carbocycles. The molecule has 3 aromatic heterocycles. The van der Waals surface area contributed by atoms with Crippen LogP contribution in [0.3, 0.4) is 0 Å². The smallest absolute Gasteiger partial charge is 0.155 e. The summed E-state index contributed by atoms with van der Waals surface area (Å²) in [5.41, 5.74) is 11.8. The van der Waals surface area contributed by atoms with Crippen LogP contribution in [0.2, 0.25) is 0 Å². The molecular formula is C45H29N3O2. The number of aliphatic imine (C=N–C) groups is 2. The topological polar surface area (TPSA) is 63.9 Å². The second kappa shape index (κ2) is 11.5. The number of fused-ring (bicyclic) bond motifs is 6. The molecule has 0 saturated heterocycles. The maximum absolute atomic E-state index is 6.25. The number of aromatic nitrogens is 1. The molecular weight excluding hydrogens is 615 g/mol. The minimum Gasteiger partial charge on any atom is -0.456 e. The highest BCUT2D eigenvalue weighted by Gasteiger charge is 2.23. The third kappa shape index (κ3) is 4.82. The van der Waals surface area contributed by atoms with E-state index in [0.29, 0.717) is 6.42 Å². The third-order valence-corrected chi connectivity index (χ3v) is 9.71. The van der Waals surface area contributed by atoms with Crippen molar-refractivity contribution in [2.24, 2.45) is 9.98 Å². The first kappa shape index (κ1) is 28.4. The van der Waals surface area contributed by atoms with Crippen LogP contribution in [-0.2, 0) is 0 Å². The lowest BCUT2D eigenvalue weighted by molar-refractivity contribution is 0.665. The Labute approximate surface area is 287 Å². The summed E-state index contributed by atoms with van der Waals surface area (Å²) in [6, 6.07) is 52.1. The Balaban J connectivity index is 1.03. The molecule has 9 aromatic rings. The fraction of sp³-hybridized carbons (Fsp3) is 0.0444. The lowest BCUT2D eigenvalue weighted by atomic mass is 9.94. The highest BCUT2D eigenvalue weighted by molar-refractivity contribution is 6.14. The summed E-state index contributed by atoms with van der Waals surface area (Å²) in [5, 5.41) is 4.43. The molecule has 1 unspecified atom stereocenters. The van der Waals surface area contributed by atoms with Gasteiger partial charge in [0.2, 0.25) is 0 Å². The molecule has 0 bridgehead atoms. The molecule has 1 aliphatic heterocycles. The lowest BCUT2D eigenvalue weighted by Gasteiger charge is -2.21. The van der Waals surface area contributed by atoms with Crippen molar-refractivity contribution >= 4 is 55.4 Å². The second-order valence-corrected chi connectivity index (χ2v) is 12.7. The van der Waals surface area contributed by atoms with Gasteiger partial charge in [-0.15, -0.1) is 0 Å². The van der Waals surface area contributed by atoms with Gasteiger partial charge in [-0.3, -0.25) is 9.98 Å². The van der Waals surface area contributed by atoms with E-state index in [-0.39, 0.29) is 6.04 Å². The molecule has 0 radical (unpaired) electrons. The Morgan fingerprint density at radius 3 is 1.96 bits per heavy atom. The summed E-state index contributed by atoms with van der Waals surface area (Å²) >= 11 is 0. The molecule has 236 valence electrons. The van der Waals surface area contributed by atoms with E-state index < -0.39 is 0 Å². The minimum absolute atomic E-state index is 0.103. The van der Waals surface area contributed by atoms with Gasteiger partial charge in [0.05, 0.1) is 17.4 Å². The zero-order valence-corrected chi connectivity index (χ0v) is 27.0. The Bertz CT molecular complexity index is 2790. The number of hydrogen-bond donors (Lipinski definition) is 0. The van der Waals surface area contributed by atoms with Gasteiger partial charge in [0, 0.05) is 50.9 Å². The van der Waals surface area contributed by atoms with E-state index in [2.05, 4.69) is 97.1 Å². The minimum atomic E-state index is -0.103. The number of pyridine rings is 1. The predicted molar refractivity (Wildman–Crippen MR) is 203 cm³/mol. The predicted octanol–water partition coefficient (Wildman–Crippen LogP) is 11.6. The van der Waals surface area contributed by atoms with Crippen molar-refractivity contribution < 1.29 is 8.83 Å². The Kier molecular flexibility index (Phi) is 6.56. The molecule has 1 atom stereocenters. The largest absolute Gasteiger partial charge is 0.456 e. The van der Waals surface area contributed by atoms with E-state index in [9.17, 15) is 0 Å². The van der Waals surface area contributed by atoms with Crippen molar-refractivity contribution in [3.05, 3.63) is 175 Å². The molecule has 0 fully saturated rings. The van der Waals surface area contributed by atoms with Crippen LogP contribution in [0.15, 0.2) is 177 Å². The molecule has 0 amide bonds. The van der Waals surface area contributed by atoms with E-state index in [1.807, 2.05) is 60.8 Å².